The number of carbonyl (C=O) groups is 1. The highest BCUT2D eigenvalue weighted by Gasteiger charge is 2.23. The standard InChI is InChI=1S/C16H19N3O4S/c1-18(2)13(14-5-4-8-23-14)10-17-16(20)11-6-7-15(24-3)12(9-11)19(21)22/h4-9,13H,10H2,1-3H3,(H,17,20)/p+1/t13-/m0/s1. The molecule has 24 heavy (non-hydrogen) atoms. The molecular weight excluding hydrogens is 330 g/mol. The van der Waals surface area contributed by atoms with E-state index in [0.717, 1.165) is 10.7 Å². The molecule has 2 aromatic rings. The number of furan rings is 1. The van der Waals surface area contributed by atoms with Crippen LogP contribution < -0.4 is 10.2 Å². The number of nitro benzene ring substituents is 1. The van der Waals surface area contributed by atoms with Gasteiger partial charge in [-0.1, -0.05) is 0 Å². The Morgan fingerprint density at radius 2 is 2.17 bits per heavy atom. The maximum Gasteiger partial charge on any atom is 0.283 e. The largest absolute Gasteiger partial charge is 0.463 e. The Kier molecular flexibility index (Phi) is 5.99. The van der Waals surface area contributed by atoms with Crippen LogP contribution >= 0.6 is 11.8 Å². The molecule has 0 aliphatic heterocycles. The van der Waals surface area contributed by atoms with E-state index < -0.39 is 4.92 Å². The Hall–Kier alpha value is -2.32. The van der Waals surface area contributed by atoms with Gasteiger partial charge in [-0.05, 0) is 30.5 Å². The van der Waals surface area contributed by atoms with Crippen LogP contribution in [-0.4, -0.2) is 37.7 Å². The second-order valence-corrected chi connectivity index (χ2v) is 6.35. The minimum atomic E-state index is -0.474. The van der Waals surface area contributed by atoms with Crippen molar-refractivity contribution in [2.24, 2.45) is 0 Å². The molecule has 0 unspecified atom stereocenters. The summed E-state index contributed by atoms with van der Waals surface area (Å²) in [4.78, 5) is 24.6. The molecule has 0 radical (unpaired) electrons. The number of quaternary nitrogens is 1. The monoisotopic (exact) mass is 350 g/mol. The zero-order valence-corrected chi connectivity index (χ0v) is 14.6. The Balaban J connectivity index is 2.12. The number of benzene rings is 1. The van der Waals surface area contributed by atoms with Gasteiger partial charge in [0.2, 0.25) is 0 Å². The summed E-state index contributed by atoms with van der Waals surface area (Å²) in [7, 11) is 3.94. The number of amides is 1. The van der Waals surface area contributed by atoms with Gasteiger partial charge >= 0.3 is 0 Å². The van der Waals surface area contributed by atoms with E-state index in [9.17, 15) is 14.9 Å². The summed E-state index contributed by atoms with van der Waals surface area (Å²) < 4.78 is 5.41. The summed E-state index contributed by atoms with van der Waals surface area (Å²) in [5, 5.41) is 13.9. The molecule has 0 fully saturated rings. The molecule has 0 bridgehead atoms. The van der Waals surface area contributed by atoms with Crippen molar-refractivity contribution in [3.05, 3.63) is 58.0 Å². The van der Waals surface area contributed by atoms with Crippen LogP contribution in [0.1, 0.15) is 22.2 Å². The maximum atomic E-state index is 12.3. The summed E-state index contributed by atoms with van der Waals surface area (Å²) in [5.74, 6) is 0.433. The molecule has 2 N–H and O–H groups in total. The van der Waals surface area contributed by atoms with E-state index in [0.29, 0.717) is 11.4 Å². The van der Waals surface area contributed by atoms with Gasteiger partial charge in [-0.25, -0.2) is 0 Å². The molecule has 2 rings (SSSR count). The van der Waals surface area contributed by atoms with Crippen LogP contribution in [0.3, 0.4) is 0 Å². The summed E-state index contributed by atoms with van der Waals surface area (Å²) >= 11 is 1.28. The predicted molar refractivity (Wildman–Crippen MR) is 91.5 cm³/mol. The number of nitro groups is 1. The lowest BCUT2D eigenvalue weighted by Gasteiger charge is -2.19. The summed E-state index contributed by atoms with van der Waals surface area (Å²) in [6.45, 7) is 0.368. The van der Waals surface area contributed by atoms with Crippen LogP contribution in [0.5, 0.6) is 0 Å². The molecule has 0 saturated heterocycles. The van der Waals surface area contributed by atoms with Crippen molar-refractivity contribution in [2.75, 3.05) is 26.9 Å². The highest BCUT2D eigenvalue weighted by molar-refractivity contribution is 7.98. The molecule has 1 aromatic carbocycles. The van der Waals surface area contributed by atoms with Crippen molar-refractivity contribution in [3.63, 3.8) is 0 Å². The van der Waals surface area contributed by atoms with Gasteiger partial charge in [-0.15, -0.1) is 11.8 Å². The lowest BCUT2D eigenvalue weighted by atomic mass is 10.1. The summed E-state index contributed by atoms with van der Waals surface area (Å²) in [6.07, 6.45) is 3.35. The van der Waals surface area contributed by atoms with Gasteiger partial charge in [0.05, 0.1) is 36.7 Å². The van der Waals surface area contributed by atoms with Crippen LogP contribution in [0.15, 0.2) is 45.9 Å². The van der Waals surface area contributed by atoms with E-state index >= 15 is 0 Å². The quantitative estimate of drug-likeness (QED) is 0.449. The Bertz CT molecular complexity index is 716. The van der Waals surface area contributed by atoms with Crippen LogP contribution in [0.25, 0.3) is 0 Å². The van der Waals surface area contributed by atoms with E-state index in [1.165, 1.54) is 17.8 Å². The van der Waals surface area contributed by atoms with Crippen molar-refractivity contribution < 1.29 is 19.0 Å². The molecule has 0 saturated carbocycles. The average Bonchev–Trinajstić information content (AvgIpc) is 3.08. The van der Waals surface area contributed by atoms with E-state index in [-0.39, 0.29) is 23.2 Å². The van der Waals surface area contributed by atoms with Crippen molar-refractivity contribution in [1.29, 1.82) is 0 Å². The predicted octanol–water partition coefficient (Wildman–Crippen LogP) is 1.53. The number of likely N-dealkylation sites (N-methyl/N-ethyl adjacent to an activating group) is 1. The molecule has 0 spiro atoms. The first kappa shape index (κ1) is 18.0. The van der Waals surface area contributed by atoms with Crippen LogP contribution in [0.4, 0.5) is 5.69 Å². The maximum absolute atomic E-state index is 12.3. The van der Waals surface area contributed by atoms with Crippen molar-refractivity contribution in [2.45, 2.75) is 10.9 Å². The molecule has 1 atom stereocenters. The number of rotatable bonds is 7. The van der Waals surface area contributed by atoms with Gasteiger partial charge < -0.3 is 14.6 Å². The van der Waals surface area contributed by atoms with Crippen molar-refractivity contribution >= 4 is 23.4 Å². The topological polar surface area (TPSA) is 89.8 Å². The lowest BCUT2D eigenvalue weighted by molar-refractivity contribution is -0.891. The first-order valence-corrected chi connectivity index (χ1v) is 8.60. The van der Waals surface area contributed by atoms with Gasteiger partial charge in [-0.3, -0.25) is 14.9 Å². The third-order valence-corrected chi connectivity index (χ3v) is 4.47. The number of thioether (sulfide) groups is 1. The molecule has 128 valence electrons. The highest BCUT2D eigenvalue weighted by Crippen LogP contribution is 2.28. The molecule has 7 nitrogen and oxygen atoms in total. The molecule has 0 aliphatic rings. The van der Waals surface area contributed by atoms with Crippen molar-refractivity contribution in [1.82, 2.24) is 5.32 Å². The van der Waals surface area contributed by atoms with Gasteiger partial charge in [0.15, 0.2) is 11.8 Å². The van der Waals surface area contributed by atoms with E-state index in [1.807, 2.05) is 20.2 Å². The zero-order valence-electron chi connectivity index (χ0n) is 13.7. The molecule has 1 amide bonds. The number of hydrogen-bond acceptors (Lipinski definition) is 5. The lowest BCUT2D eigenvalue weighted by Crippen LogP contribution is -3.07. The second-order valence-electron chi connectivity index (χ2n) is 5.50. The highest BCUT2D eigenvalue weighted by atomic mass is 32.2. The fraction of sp³-hybridized carbons (Fsp3) is 0.312. The zero-order chi connectivity index (χ0) is 17.7. The van der Waals surface area contributed by atoms with Gasteiger partial charge in [0.25, 0.3) is 11.6 Å². The normalized spacial score (nSPS) is 12.2. The van der Waals surface area contributed by atoms with Crippen LogP contribution in [0.2, 0.25) is 0 Å². The first-order chi connectivity index (χ1) is 11.4. The fourth-order valence-corrected chi connectivity index (χ4v) is 2.90. The third-order valence-electron chi connectivity index (χ3n) is 3.69. The summed E-state index contributed by atoms with van der Waals surface area (Å²) in [5.41, 5.74) is 0.211. The van der Waals surface area contributed by atoms with Gasteiger partial charge in [0, 0.05) is 11.6 Å². The van der Waals surface area contributed by atoms with Crippen LogP contribution in [-0.2, 0) is 0 Å². The third kappa shape index (κ3) is 4.15. The number of hydrogen-bond donors (Lipinski definition) is 2. The molecule has 1 aromatic heterocycles. The molecular formula is C16H20N3O4S+. The summed E-state index contributed by atoms with van der Waals surface area (Å²) in [6, 6.07) is 8.13. The fourth-order valence-electron chi connectivity index (χ4n) is 2.35. The number of nitrogens with one attached hydrogen (secondary N) is 2. The van der Waals surface area contributed by atoms with E-state index in [4.69, 9.17) is 4.42 Å². The second kappa shape index (κ2) is 7.98. The smallest absolute Gasteiger partial charge is 0.283 e. The van der Waals surface area contributed by atoms with Gasteiger partial charge in [0.1, 0.15) is 0 Å². The Morgan fingerprint density at radius 3 is 2.71 bits per heavy atom. The SMILES string of the molecule is CSc1ccc(C(=O)NC[C@@H](c2ccco2)[NH+](C)C)cc1[N+](=O)[O-]. The van der Waals surface area contributed by atoms with Crippen LogP contribution in [0, 0.1) is 10.1 Å². The number of nitrogens with zero attached hydrogens (tertiary/aromatic N) is 1. The van der Waals surface area contributed by atoms with E-state index in [2.05, 4.69) is 5.32 Å². The molecule has 0 aliphatic carbocycles. The van der Waals surface area contributed by atoms with E-state index in [1.54, 1.807) is 30.7 Å². The minimum Gasteiger partial charge on any atom is -0.463 e. The first-order valence-electron chi connectivity index (χ1n) is 7.38. The van der Waals surface area contributed by atoms with Gasteiger partial charge in [-0.2, -0.15) is 0 Å². The Morgan fingerprint density at radius 1 is 1.42 bits per heavy atom. The molecule has 8 heteroatoms. The van der Waals surface area contributed by atoms with Crippen molar-refractivity contribution in [3.8, 4) is 0 Å². The minimum absolute atomic E-state index is 0.0376. The molecule has 1 heterocycles. The number of carbonyl (C=O) groups excluding carboxylic acids is 1. The average molecular weight is 350 g/mol. The Labute approximate surface area is 144 Å².